The summed E-state index contributed by atoms with van der Waals surface area (Å²) >= 11 is 0. The number of carbonyl (C=O) groups is 1. The second-order valence-electron chi connectivity index (χ2n) is 6.15. The molecule has 3 aromatic carbocycles. The number of hydrogen-bond acceptors (Lipinski definition) is 3. The number of unbranched alkanes of at least 4 members (excludes halogenated alkanes) is 1. The molecule has 27 heavy (non-hydrogen) atoms. The first-order valence-corrected chi connectivity index (χ1v) is 8.97. The Morgan fingerprint density at radius 1 is 0.815 bits per heavy atom. The van der Waals surface area contributed by atoms with Crippen molar-refractivity contribution in [3.05, 3.63) is 84.2 Å². The van der Waals surface area contributed by atoms with E-state index in [0.717, 1.165) is 29.7 Å². The molecule has 3 nitrogen and oxygen atoms in total. The van der Waals surface area contributed by atoms with Crippen LogP contribution < -0.4 is 9.47 Å². The Labute approximate surface area is 158 Å². The van der Waals surface area contributed by atoms with Gasteiger partial charge >= 0.3 is 5.97 Å². The van der Waals surface area contributed by atoms with Crippen molar-refractivity contribution < 1.29 is 18.7 Å². The lowest BCUT2D eigenvalue weighted by atomic mass is 10.0. The number of hydrogen-bond donors (Lipinski definition) is 0. The van der Waals surface area contributed by atoms with Gasteiger partial charge in [-0.2, -0.15) is 0 Å². The van der Waals surface area contributed by atoms with Gasteiger partial charge in [0, 0.05) is 0 Å². The number of esters is 1. The smallest absolute Gasteiger partial charge is 0.343 e. The zero-order valence-corrected chi connectivity index (χ0v) is 15.2. The molecule has 0 fully saturated rings. The second kappa shape index (κ2) is 8.99. The summed E-state index contributed by atoms with van der Waals surface area (Å²) in [5.41, 5.74) is 2.24. The Balaban J connectivity index is 1.61. The predicted octanol–water partition coefficient (Wildman–Crippen LogP) is 5.89. The van der Waals surface area contributed by atoms with Crippen LogP contribution in [0, 0.1) is 5.82 Å². The molecule has 0 aromatic heterocycles. The van der Waals surface area contributed by atoms with Crippen molar-refractivity contribution in [2.45, 2.75) is 19.8 Å². The largest absolute Gasteiger partial charge is 0.494 e. The van der Waals surface area contributed by atoms with Crippen molar-refractivity contribution in [1.82, 2.24) is 0 Å². The predicted molar refractivity (Wildman–Crippen MR) is 104 cm³/mol. The third-order valence-corrected chi connectivity index (χ3v) is 4.10. The van der Waals surface area contributed by atoms with Crippen LogP contribution in [0.4, 0.5) is 4.39 Å². The molecule has 4 heteroatoms. The molecule has 0 unspecified atom stereocenters. The third-order valence-electron chi connectivity index (χ3n) is 4.10. The molecule has 0 spiro atoms. The summed E-state index contributed by atoms with van der Waals surface area (Å²) < 4.78 is 24.0. The van der Waals surface area contributed by atoms with Gasteiger partial charge in [0.1, 0.15) is 17.3 Å². The minimum atomic E-state index is -0.430. The van der Waals surface area contributed by atoms with E-state index in [1.807, 2.05) is 12.1 Å². The minimum absolute atomic E-state index is 0.277. The van der Waals surface area contributed by atoms with Crippen LogP contribution in [0.2, 0.25) is 0 Å². The molecule has 138 valence electrons. The number of halogens is 1. The maximum Gasteiger partial charge on any atom is 0.343 e. The first-order chi connectivity index (χ1) is 13.2. The highest BCUT2D eigenvalue weighted by Crippen LogP contribution is 2.22. The summed E-state index contributed by atoms with van der Waals surface area (Å²) in [5.74, 6) is 0.512. The van der Waals surface area contributed by atoms with Gasteiger partial charge in [-0.25, -0.2) is 9.18 Å². The molecule has 0 aliphatic carbocycles. The van der Waals surface area contributed by atoms with E-state index in [2.05, 4.69) is 6.92 Å². The molecule has 3 aromatic rings. The van der Waals surface area contributed by atoms with Gasteiger partial charge in [-0.1, -0.05) is 37.6 Å². The highest BCUT2D eigenvalue weighted by atomic mass is 19.1. The van der Waals surface area contributed by atoms with E-state index < -0.39 is 5.97 Å². The molecule has 0 radical (unpaired) electrons. The maximum absolute atomic E-state index is 13.0. The van der Waals surface area contributed by atoms with Crippen LogP contribution in [0.1, 0.15) is 30.1 Å². The zero-order valence-electron chi connectivity index (χ0n) is 15.2. The number of benzene rings is 3. The summed E-state index contributed by atoms with van der Waals surface area (Å²) in [4.78, 5) is 12.3. The van der Waals surface area contributed by atoms with Crippen molar-refractivity contribution in [2.75, 3.05) is 6.61 Å². The minimum Gasteiger partial charge on any atom is -0.494 e. The van der Waals surface area contributed by atoms with Crippen molar-refractivity contribution in [1.29, 1.82) is 0 Å². The molecule has 0 bridgehead atoms. The van der Waals surface area contributed by atoms with E-state index in [9.17, 15) is 9.18 Å². The van der Waals surface area contributed by atoms with Crippen LogP contribution in [0.5, 0.6) is 11.5 Å². The van der Waals surface area contributed by atoms with Gasteiger partial charge in [-0.15, -0.1) is 0 Å². The van der Waals surface area contributed by atoms with E-state index >= 15 is 0 Å². The molecule has 0 heterocycles. The monoisotopic (exact) mass is 364 g/mol. The fourth-order valence-electron chi connectivity index (χ4n) is 2.55. The lowest BCUT2D eigenvalue weighted by Crippen LogP contribution is -2.08. The van der Waals surface area contributed by atoms with Gasteiger partial charge in [-0.3, -0.25) is 0 Å². The van der Waals surface area contributed by atoms with Gasteiger partial charge < -0.3 is 9.47 Å². The third kappa shape index (κ3) is 5.17. The zero-order chi connectivity index (χ0) is 19.1. The molecule has 3 rings (SSSR count). The van der Waals surface area contributed by atoms with E-state index in [1.54, 1.807) is 48.5 Å². The summed E-state index contributed by atoms with van der Waals surface area (Å²) in [7, 11) is 0. The average molecular weight is 364 g/mol. The topological polar surface area (TPSA) is 35.5 Å². The SMILES string of the molecule is CCCCOc1ccc(OC(=O)c2ccc(-c3ccc(F)cc3)cc2)cc1. The van der Waals surface area contributed by atoms with E-state index in [0.29, 0.717) is 17.9 Å². The number of ether oxygens (including phenoxy) is 2. The maximum atomic E-state index is 13.0. The van der Waals surface area contributed by atoms with Gasteiger partial charge in [0.15, 0.2) is 0 Å². The molecule has 0 atom stereocenters. The van der Waals surface area contributed by atoms with E-state index in [1.165, 1.54) is 12.1 Å². The first kappa shape index (κ1) is 18.6. The quantitative estimate of drug-likeness (QED) is 0.298. The van der Waals surface area contributed by atoms with Crippen molar-refractivity contribution in [3.8, 4) is 22.6 Å². The summed E-state index contributed by atoms with van der Waals surface area (Å²) in [6.45, 7) is 2.79. The fourth-order valence-corrected chi connectivity index (χ4v) is 2.55. The fraction of sp³-hybridized carbons (Fsp3) is 0.174. The molecule has 0 aliphatic heterocycles. The van der Waals surface area contributed by atoms with Crippen LogP contribution in [-0.2, 0) is 0 Å². The number of carbonyl (C=O) groups excluding carboxylic acids is 1. The highest BCUT2D eigenvalue weighted by molar-refractivity contribution is 5.91. The molecular formula is C23H21FO3. The van der Waals surface area contributed by atoms with Crippen LogP contribution >= 0.6 is 0 Å². The molecule has 0 saturated carbocycles. The molecule has 0 N–H and O–H groups in total. The van der Waals surface area contributed by atoms with Gasteiger partial charge in [-0.05, 0) is 66.1 Å². The first-order valence-electron chi connectivity index (χ1n) is 8.97. The molecule has 0 saturated heterocycles. The standard InChI is InChI=1S/C23H21FO3/c1-2-3-16-26-21-12-14-22(15-13-21)27-23(25)19-6-4-17(5-7-19)18-8-10-20(24)11-9-18/h4-15H,2-3,16H2,1H3. The summed E-state index contributed by atoms with van der Waals surface area (Å²) in [6.07, 6.45) is 2.08. The average Bonchev–Trinajstić information content (AvgIpc) is 2.70. The van der Waals surface area contributed by atoms with Gasteiger partial charge in [0.25, 0.3) is 0 Å². The summed E-state index contributed by atoms with van der Waals surface area (Å²) in [5, 5.41) is 0. The van der Waals surface area contributed by atoms with E-state index in [4.69, 9.17) is 9.47 Å². The van der Waals surface area contributed by atoms with E-state index in [-0.39, 0.29) is 5.82 Å². The Kier molecular flexibility index (Phi) is 6.21. The molecule has 0 amide bonds. The normalized spacial score (nSPS) is 10.4. The van der Waals surface area contributed by atoms with Gasteiger partial charge in [0.05, 0.1) is 12.2 Å². The van der Waals surface area contributed by atoms with Crippen molar-refractivity contribution in [2.24, 2.45) is 0 Å². The summed E-state index contributed by atoms with van der Waals surface area (Å²) in [6, 6.07) is 20.2. The van der Waals surface area contributed by atoms with Crippen LogP contribution in [-0.4, -0.2) is 12.6 Å². The Morgan fingerprint density at radius 2 is 1.37 bits per heavy atom. The van der Waals surface area contributed by atoms with Crippen molar-refractivity contribution >= 4 is 5.97 Å². The molecular weight excluding hydrogens is 343 g/mol. The van der Waals surface area contributed by atoms with Crippen LogP contribution in [0.3, 0.4) is 0 Å². The lowest BCUT2D eigenvalue weighted by molar-refractivity contribution is 0.0734. The number of rotatable bonds is 7. The Hall–Kier alpha value is -3.14. The van der Waals surface area contributed by atoms with Gasteiger partial charge in [0.2, 0.25) is 0 Å². The Morgan fingerprint density at radius 3 is 1.96 bits per heavy atom. The highest BCUT2D eigenvalue weighted by Gasteiger charge is 2.09. The Bertz CT molecular complexity index is 869. The van der Waals surface area contributed by atoms with Crippen LogP contribution in [0.15, 0.2) is 72.8 Å². The van der Waals surface area contributed by atoms with Crippen LogP contribution in [0.25, 0.3) is 11.1 Å². The molecule has 0 aliphatic rings. The second-order valence-corrected chi connectivity index (χ2v) is 6.15. The lowest BCUT2D eigenvalue weighted by Gasteiger charge is -2.08. The van der Waals surface area contributed by atoms with Crippen molar-refractivity contribution in [3.63, 3.8) is 0 Å².